The fraction of sp³-hybridized carbons (Fsp3) is 0.241. The summed E-state index contributed by atoms with van der Waals surface area (Å²) in [6.07, 6.45) is 2.44. The molecule has 194 valence electrons. The van der Waals surface area contributed by atoms with Gasteiger partial charge in [-0.1, -0.05) is 54.6 Å². The van der Waals surface area contributed by atoms with E-state index in [1.54, 1.807) is 18.2 Å². The fourth-order valence-electron chi connectivity index (χ4n) is 5.12. The first kappa shape index (κ1) is 24.8. The molecule has 4 aromatic rings. The van der Waals surface area contributed by atoms with Gasteiger partial charge in [-0.2, -0.15) is 0 Å². The zero-order valence-electron chi connectivity index (χ0n) is 20.8. The zero-order valence-corrected chi connectivity index (χ0v) is 22.5. The summed E-state index contributed by atoms with van der Waals surface area (Å²) in [5, 5.41) is 3.44. The van der Waals surface area contributed by atoms with Crippen LogP contribution in [0.25, 0.3) is 0 Å². The predicted molar refractivity (Wildman–Crippen MR) is 150 cm³/mol. The lowest BCUT2D eigenvalue weighted by molar-refractivity contribution is 0.102. The summed E-state index contributed by atoms with van der Waals surface area (Å²) in [5.41, 5.74) is 4.32. The number of aryl methyl sites for hydroxylation is 1. The molecule has 0 saturated carbocycles. The van der Waals surface area contributed by atoms with Crippen LogP contribution in [-0.2, 0) is 36.0 Å². The highest BCUT2D eigenvalue weighted by molar-refractivity contribution is 7.92. The summed E-state index contributed by atoms with van der Waals surface area (Å²) in [5.74, 6) is -0.367. The Morgan fingerprint density at radius 2 is 1.76 bits per heavy atom. The van der Waals surface area contributed by atoms with Crippen molar-refractivity contribution in [2.45, 2.75) is 37.2 Å². The fourth-order valence-corrected chi connectivity index (χ4v) is 7.75. The van der Waals surface area contributed by atoms with Crippen molar-refractivity contribution in [3.05, 3.63) is 106 Å². The van der Waals surface area contributed by atoms with E-state index in [0.29, 0.717) is 17.4 Å². The molecule has 1 amide bonds. The van der Waals surface area contributed by atoms with Crippen LogP contribution in [0, 0.1) is 0 Å². The number of benzene rings is 3. The molecule has 1 N–H and O–H groups in total. The van der Waals surface area contributed by atoms with Crippen LogP contribution >= 0.6 is 11.3 Å². The average molecular weight is 545 g/mol. The number of nitrogens with zero attached hydrogens (tertiary/aromatic N) is 3. The van der Waals surface area contributed by atoms with Crippen molar-refractivity contribution in [1.29, 1.82) is 0 Å². The summed E-state index contributed by atoms with van der Waals surface area (Å²) >= 11 is 1.49. The second-order valence-electron chi connectivity index (χ2n) is 9.63. The number of fused-ring (bicyclic) bond motifs is 2. The molecular weight excluding hydrogens is 516 g/mol. The van der Waals surface area contributed by atoms with E-state index >= 15 is 0 Å². The lowest BCUT2D eigenvalue weighted by Crippen LogP contribution is -2.35. The maximum Gasteiger partial charge on any atom is 0.264 e. The maximum absolute atomic E-state index is 13.6. The van der Waals surface area contributed by atoms with Crippen molar-refractivity contribution in [2.75, 3.05) is 22.7 Å². The molecule has 0 saturated heterocycles. The molecule has 3 aromatic carbocycles. The predicted octanol–water partition coefficient (Wildman–Crippen LogP) is 5.10. The number of rotatable bonds is 6. The highest BCUT2D eigenvalue weighted by atomic mass is 32.2. The van der Waals surface area contributed by atoms with Crippen LogP contribution in [0.4, 0.5) is 10.8 Å². The minimum absolute atomic E-state index is 0.108. The van der Waals surface area contributed by atoms with E-state index in [-0.39, 0.29) is 16.4 Å². The van der Waals surface area contributed by atoms with E-state index < -0.39 is 10.0 Å². The molecule has 3 heterocycles. The molecule has 0 fully saturated rings. The Hall–Kier alpha value is -3.53. The Balaban J connectivity index is 1.17. The van der Waals surface area contributed by atoms with E-state index in [9.17, 15) is 13.2 Å². The van der Waals surface area contributed by atoms with Crippen molar-refractivity contribution in [3.8, 4) is 0 Å². The van der Waals surface area contributed by atoms with Crippen LogP contribution in [0.3, 0.4) is 0 Å². The zero-order chi connectivity index (χ0) is 26.1. The lowest BCUT2D eigenvalue weighted by atomic mass is 10.0. The number of sulfonamides is 1. The van der Waals surface area contributed by atoms with Gasteiger partial charge in [0.15, 0.2) is 5.13 Å². The molecule has 0 unspecified atom stereocenters. The molecule has 2 aliphatic rings. The molecule has 0 spiro atoms. The number of hydrogen-bond acceptors (Lipinski definition) is 6. The number of anilines is 2. The topological polar surface area (TPSA) is 82.6 Å². The summed E-state index contributed by atoms with van der Waals surface area (Å²) in [6, 6.07) is 24.2. The highest BCUT2D eigenvalue weighted by Gasteiger charge is 2.29. The van der Waals surface area contributed by atoms with Crippen LogP contribution in [0.1, 0.15) is 38.5 Å². The van der Waals surface area contributed by atoms with Crippen LogP contribution < -0.4 is 9.62 Å². The number of hydrogen-bond donors (Lipinski definition) is 1. The van der Waals surface area contributed by atoms with Crippen molar-refractivity contribution in [3.63, 3.8) is 0 Å². The second kappa shape index (κ2) is 10.3. The third-order valence-corrected chi connectivity index (χ3v) is 9.84. The molecule has 0 aliphatic carbocycles. The SMILES string of the molecule is O=C(Nc1nc2c(s1)CN(Cc1ccccc1)CC2)c1cccc(S(=O)(=O)N2CCCc3ccccc32)c1. The van der Waals surface area contributed by atoms with Gasteiger partial charge in [0.05, 0.1) is 16.3 Å². The highest BCUT2D eigenvalue weighted by Crippen LogP contribution is 2.33. The molecular formula is C29H28N4O3S2. The molecule has 9 heteroatoms. The number of amides is 1. The maximum atomic E-state index is 13.6. The van der Waals surface area contributed by atoms with Gasteiger partial charge in [0, 0.05) is 43.0 Å². The molecule has 1 aromatic heterocycles. The first-order valence-corrected chi connectivity index (χ1v) is 15.0. The Morgan fingerprint density at radius 3 is 2.63 bits per heavy atom. The van der Waals surface area contributed by atoms with E-state index in [0.717, 1.165) is 55.0 Å². The van der Waals surface area contributed by atoms with Gasteiger partial charge in [-0.25, -0.2) is 13.4 Å². The first-order valence-electron chi connectivity index (χ1n) is 12.7. The molecule has 2 aliphatic heterocycles. The monoisotopic (exact) mass is 544 g/mol. The lowest BCUT2D eigenvalue weighted by Gasteiger charge is -2.30. The normalized spacial score (nSPS) is 15.5. The Labute approximate surface area is 226 Å². The molecule has 38 heavy (non-hydrogen) atoms. The van der Waals surface area contributed by atoms with Gasteiger partial charge in [-0.3, -0.25) is 19.3 Å². The Kier molecular flexibility index (Phi) is 6.73. The molecule has 6 rings (SSSR count). The van der Waals surface area contributed by atoms with Gasteiger partial charge in [0.25, 0.3) is 15.9 Å². The van der Waals surface area contributed by atoms with Crippen molar-refractivity contribution in [1.82, 2.24) is 9.88 Å². The van der Waals surface area contributed by atoms with Crippen molar-refractivity contribution in [2.24, 2.45) is 0 Å². The van der Waals surface area contributed by atoms with E-state index in [1.807, 2.05) is 30.3 Å². The van der Waals surface area contributed by atoms with Crippen LogP contribution in [0.5, 0.6) is 0 Å². The molecule has 0 bridgehead atoms. The average Bonchev–Trinajstić information content (AvgIpc) is 3.35. The Morgan fingerprint density at radius 1 is 0.947 bits per heavy atom. The number of thiazole rings is 1. The molecule has 0 atom stereocenters. The van der Waals surface area contributed by atoms with Crippen LogP contribution in [0.2, 0.25) is 0 Å². The van der Waals surface area contributed by atoms with E-state index in [4.69, 9.17) is 0 Å². The largest absolute Gasteiger partial charge is 0.298 e. The van der Waals surface area contributed by atoms with Gasteiger partial charge in [-0.05, 0) is 48.2 Å². The van der Waals surface area contributed by atoms with Gasteiger partial charge in [0.2, 0.25) is 0 Å². The number of para-hydroxylation sites is 1. The number of nitrogens with one attached hydrogen (secondary N) is 1. The quantitative estimate of drug-likeness (QED) is 0.365. The Bertz CT molecular complexity index is 1580. The third kappa shape index (κ3) is 4.97. The van der Waals surface area contributed by atoms with Crippen LogP contribution in [0.15, 0.2) is 83.8 Å². The summed E-state index contributed by atoms with van der Waals surface area (Å²) < 4.78 is 28.6. The minimum atomic E-state index is -3.80. The van der Waals surface area contributed by atoms with E-state index in [2.05, 4.69) is 39.5 Å². The molecule has 7 nitrogen and oxygen atoms in total. The van der Waals surface area contributed by atoms with Crippen molar-refractivity contribution >= 4 is 38.1 Å². The van der Waals surface area contributed by atoms with Gasteiger partial charge in [0.1, 0.15) is 0 Å². The first-order chi connectivity index (χ1) is 18.5. The minimum Gasteiger partial charge on any atom is -0.298 e. The van der Waals surface area contributed by atoms with Gasteiger partial charge < -0.3 is 0 Å². The molecule has 0 radical (unpaired) electrons. The second-order valence-corrected chi connectivity index (χ2v) is 12.6. The number of carbonyl (C=O) groups is 1. The summed E-state index contributed by atoms with van der Waals surface area (Å²) in [6.45, 7) is 3.01. The smallest absolute Gasteiger partial charge is 0.264 e. The summed E-state index contributed by atoms with van der Waals surface area (Å²) in [7, 11) is -3.80. The van der Waals surface area contributed by atoms with Crippen molar-refractivity contribution < 1.29 is 13.2 Å². The van der Waals surface area contributed by atoms with E-state index in [1.165, 1.54) is 27.3 Å². The van der Waals surface area contributed by atoms with Crippen LogP contribution in [-0.4, -0.2) is 37.3 Å². The van der Waals surface area contributed by atoms with Gasteiger partial charge >= 0.3 is 0 Å². The number of carbonyl (C=O) groups excluding carboxylic acids is 1. The summed E-state index contributed by atoms with van der Waals surface area (Å²) in [4.78, 5) is 21.4. The number of aromatic nitrogens is 1. The standard InChI is InChI=1S/C29H28N4O3S2/c34-28(31-29-30-25-15-17-32(20-27(25)37-29)19-21-8-2-1-3-9-21)23-11-6-13-24(18-23)38(35,36)33-16-7-12-22-10-4-5-14-26(22)33/h1-6,8-11,13-14,18H,7,12,15-17,19-20H2,(H,30,31,34). The van der Waals surface area contributed by atoms with Gasteiger partial charge in [-0.15, -0.1) is 11.3 Å². The third-order valence-electron chi connectivity index (χ3n) is 7.03.